The Balaban J connectivity index is 1.51. The van der Waals surface area contributed by atoms with E-state index < -0.39 is 0 Å². The summed E-state index contributed by atoms with van der Waals surface area (Å²) in [5.74, 6) is 0.0366. The first kappa shape index (κ1) is 18.0. The number of carbonyl (C=O) groups is 1. The minimum absolute atomic E-state index is 0.0366. The minimum Gasteiger partial charge on any atom is -0.448 e. The van der Waals surface area contributed by atoms with Crippen molar-refractivity contribution >= 4 is 6.09 Å². The maximum atomic E-state index is 12.8. The first-order valence-electron chi connectivity index (χ1n) is 9.54. The molecule has 4 rings (SSSR count). The van der Waals surface area contributed by atoms with E-state index in [2.05, 4.69) is 24.3 Å². The van der Waals surface area contributed by atoms with Crippen LogP contribution in [0.5, 0.6) is 0 Å². The number of benzene rings is 2. The number of nitrogens with zero attached hydrogens (tertiary/aromatic N) is 1. The van der Waals surface area contributed by atoms with E-state index in [4.69, 9.17) is 9.47 Å². The molecule has 1 aliphatic carbocycles. The number of hydrogen-bond donors (Lipinski definition) is 1. The van der Waals surface area contributed by atoms with Crippen molar-refractivity contribution in [1.82, 2.24) is 4.90 Å². The Bertz CT molecular complexity index is 776. The third kappa shape index (κ3) is 3.33. The van der Waals surface area contributed by atoms with Crippen LogP contribution in [-0.4, -0.2) is 54.6 Å². The van der Waals surface area contributed by atoms with Gasteiger partial charge >= 0.3 is 6.09 Å². The van der Waals surface area contributed by atoms with Crippen LogP contribution in [0.2, 0.25) is 0 Å². The summed E-state index contributed by atoms with van der Waals surface area (Å²) < 4.78 is 11.3. The van der Waals surface area contributed by atoms with E-state index >= 15 is 0 Å². The summed E-state index contributed by atoms with van der Waals surface area (Å²) in [5.41, 5.74) is 4.80. The van der Waals surface area contributed by atoms with E-state index in [1.54, 1.807) is 4.90 Å². The van der Waals surface area contributed by atoms with Crippen LogP contribution in [0.3, 0.4) is 0 Å². The summed E-state index contributed by atoms with van der Waals surface area (Å²) in [6.45, 7) is 3.04. The van der Waals surface area contributed by atoms with Crippen molar-refractivity contribution in [3.05, 3.63) is 59.7 Å². The number of carbonyl (C=O) groups excluding carboxylic acids is 1. The maximum absolute atomic E-state index is 12.8. The van der Waals surface area contributed by atoms with Gasteiger partial charge in [0.05, 0.1) is 18.8 Å². The second-order valence-corrected chi connectivity index (χ2v) is 7.15. The fraction of sp³-hybridized carbons (Fsp3) is 0.409. The zero-order chi connectivity index (χ0) is 18.8. The average Bonchev–Trinajstić information content (AvgIpc) is 3.25. The van der Waals surface area contributed by atoms with Crippen LogP contribution in [0.4, 0.5) is 4.79 Å². The Morgan fingerprint density at radius 2 is 1.78 bits per heavy atom. The van der Waals surface area contributed by atoms with Crippen molar-refractivity contribution in [3.8, 4) is 11.1 Å². The highest BCUT2D eigenvalue weighted by molar-refractivity contribution is 5.79. The Hall–Kier alpha value is -2.37. The van der Waals surface area contributed by atoms with Crippen molar-refractivity contribution in [2.24, 2.45) is 0 Å². The van der Waals surface area contributed by atoms with Crippen molar-refractivity contribution in [2.45, 2.75) is 31.4 Å². The third-order valence-electron chi connectivity index (χ3n) is 5.65. The summed E-state index contributed by atoms with van der Waals surface area (Å²) in [4.78, 5) is 14.4. The number of aliphatic hydroxyl groups excluding tert-OH is 1. The molecule has 1 N–H and O–H groups in total. The molecule has 5 heteroatoms. The lowest BCUT2D eigenvalue weighted by molar-refractivity contribution is 0.0457. The Morgan fingerprint density at radius 3 is 2.33 bits per heavy atom. The lowest BCUT2D eigenvalue weighted by Gasteiger charge is -2.30. The van der Waals surface area contributed by atoms with E-state index in [9.17, 15) is 9.90 Å². The molecule has 27 heavy (non-hydrogen) atoms. The molecule has 2 unspecified atom stereocenters. The average molecular weight is 367 g/mol. The quantitative estimate of drug-likeness (QED) is 0.880. The molecule has 1 heterocycles. The molecule has 2 aliphatic rings. The van der Waals surface area contributed by atoms with E-state index in [0.29, 0.717) is 6.61 Å². The van der Waals surface area contributed by atoms with E-state index in [0.717, 1.165) is 6.42 Å². The molecule has 0 radical (unpaired) electrons. The number of hydrogen-bond acceptors (Lipinski definition) is 4. The van der Waals surface area contributed by atoms with Gasteiger partial charge in [-0.1, -0.05) is 48.5 Å². The third-order valence-corrected chi connectivity index (χ3v) is 5.65. The molecule has 0 bridgehead atoms. The highest BCUT2D eigenvalue weighted by Crippen LogP contribution is 2.44. The van der Waals surface area contributed by atoms with Gasteiger partial charge in [0.25, 0.3) is 0 Å². The Morgan fingerprint density at radius 1 is 1.15 bits per heavy atom. The summed E-state index contributed by atoms with van der Waals surface area (Å²) >= 11 is 0. The van der Waals surface area contributed by atoms with Crippen LogP contribution in [0.1, 0.15) is 30.4 Å². The molecule has 0 spiro atoms. The molecule has 142 valence electrons. The van der Waals surface area contributed by atoms with Gasteiger partial charge < -0.3 is 19.5 Å². The highest BCUT2D eigenvalue weighted by Gasteiger charge is 2.35. The van der Waals surface area contributed by atoms with Crippen LogP contribution in [0, 0.1) is 0 Å². The lowest BCUT2D eigenvalue weighted by Crippen LogP contribution is -2.45. The lowest BCUT2D eigenvalue weighted by atomic mass is 9.98. The smallest absolute Gasteiger partial charge is 0.410 e. The fourth-order valence-corrected chi connectivity index (χ4v) is 4.31. The van der Waals surface area contributed by atoms with Gasteiger partial charge in [0.1, 0.15) is 6.61 Å². The number of aliphatic hydroxyl groups is 1. The molecule has 2 aromatic carbocycles. The van der Waals surface area contributed by atoms with Crippen LogP contribution >= 0.6 is 0 Å². The Kier molecular flexibility index (Phi) is 5.14. The maximum Gasteiger partial charge on any atom is 0.410 e. The van der Waals surface area contributed by atoms with Crippen molar-refractivity contribution < 1.29 is 19.4 Å². The first-order chi connectivity index (χ1) is 13.2. The summed E-state index contributed by atoms with van der Waals surface area (Å²) in [5, 5.41) is 9.38. The van der Waals surface area contributed by atoms with Crippen LogP contribution in [0.25, 0.3) is 11.1 Å². The van der Waals surface area contributed by atoms with Crippen molar-refractivity contribution in [2.75, 3.05) is 26.4 Å². The molecule has 1 fully saturated rings. The van der Waals surface area contributed by atoms with Gasteiger partial charge in [-0.05, 0) is 35.6 Å². The second-order valence-electron chi connectivity index (χ2n) is 7.15. The molecule has 2 atom stereocenters. The van der Waals surface area contributed by atoms with Gasteiger partial charge in [-0.25, -0.2) is 4.79 Å². The molecule has 0 aromatic heterocycles. The second kappa shape index (κ2) is 7.71. The highest BCUT2D eigenvalue weighted by atomic mass is 16.6. The SMILES string of the molecule is CC1OCCC1N(CCO)C(=O)OCC1c2ccccc2-c2ccccc21. The van der Waals surface area contributed by atoms with Crippen LogP contribution < -0.4 is 0 Å². The van der Waals surface area contributed by atoms with E-state index in [-0.39, 0.29) is 43.9 Å². The molecular weight excluding hydrogens is 342 g/mol. The first-order valence-corrected chi connectivity index (χ1v) is 9.54. The zero-order valence-electron chi connectivity index (χ0n) is 15.5. The molecule has 5 nitrogen and oxygen atoms in total. The monoisotopic (exact) mass is 367 g/mol. The summed E-state index contributed by atoms with van der Waals surface area (Å²) in [6, 6.07) is 16.5. The van der Waals surface area contributed by atoms with Gasteiger partial charge in [-0.15, -0.1) is 0 Å². The Labute approximate surface area is 159 Å². The van der Waals surface area contributed by atoms with Crippen LogP contribution in [-0.2, 0) is 9.47 Å². The van der Waals surface area contributed by atoms with E-state index in [1.807, 2.05) is 31.2 Å². The molecule has 2 aromatic rings. The van der Waals surface area contributed by atoms with Gasteiger partial charge in [-0.3, -0.25) is 0 Å². The van der Waals surface area contributed by atoms with E-state index in [1.165, 1.54) is 22.3 Å². The molecule has 1 aliphatic heterocycles. The fourth-order valence-electron chi connectivity index (χ4n) is 4.31. The molecular formula is C22H25NO4. The number of amides is 1. The number of ether oxygens (including phenoxy) is 2. The molecule has 1 saturated heterocycles. The molecule has 1 amide bonds. The number of rotatable bonds is 5. The van der Waals surface area contributed by atoms with Crippen molar-refractivity contribution in [3.63, 3.8) is 0 Å². The van der Waals surface area contributed by atoms with Crippen molar-refractivity contribution in [1.29, 1.82) is 0 Å². The van der Waals surface area contributed by atoms with Gasteiger partial charge in [0.2, 0.25) is 0 Å². The predicted molar refractivity (Wildman–Crippen MR) is 103 cm³/mol. The standard InChI is InChI=1S/C22H25NO4/c1-15-21(10-13-26-15)23(11-12-24)22(25)27-14-20-18-8-4-2-6-16(18)17-7-3-5-9-19(17)20/h2-9,15,20-21,24H,10-14H2,1H3. The van der Waals surface area contributed by atoms with Gasteiger partial charge in [0, 0.05) is 19.1 Å². The van der Waals surface area contributed by atoms with Gasteiger partial charge in [0.15, 0.2) is 0 Å². The largest absolute Gasteiger partial charge is 0.448 e. The topological polar surface area (TPSA) is 59.0 Å². The van der Waals surface area contributed by atoms with Gasteiger partial charge in [-0.2, -0.15) is 0 Å². The zero-order valence-corrected chi connectivity index (χ0v) is 15.5. The summed E-state index contributed by atoms with van der Waals surface area (Å²) in [7, 11) is 0. The predicted octanol–water partition coefficient (Wildman–Crippen LogP) is 3.41. The minimum atomic E-state index is -0.381. The molecule has 0 saturated carbocycles. The normalized spacial score (nSPS) is 21.0. The van der Waals surface area contributed by atoms with Crippen LogP contribution in [0.15, 0.2) is 48.5 Å². The number of fused-ring (bicyclic) bond motifs is 3. The summed E-state index contributed by atoms with van der Waals surface area (Å²) in [6.07, 6.45) is 0.344.